The fourth-order valence-corrected chi connectivity index (χ4v) is 2.66. The molecule has 0 unspecified atom stereocenters. The van der Waals surface area contributed by atoms with Crippen LogP contribution >= 0.6 is 11.6 Å². The summed E-state index contributed by atoms with van der Waals surface area (Å²) in [7, 11) is -3.61. The average molecular weight is 286 g/mol. The van der Waals surface area contributed by atoms with Crippen LogP contribution in [0.1, 0.15) is 12.5 Å². The van der Waals surface area contributed by atoms with Crippen LogP contribution in [0.4, 0.5) is 5.82 Å². The van der Waals surface area contributed by atoms with Crippen LogP contribution < -0.4 is 4.72 Å². The third-order valence-corrected chi connectivity index (χ3v) is 4.08. The lowest BCUT2D eigenvalue weighted by atomic mass is 10.3. The Bertz CT molecular complexity index is 635. The van der Waals surface area contributed by atoms with E-state index in [0.29, 0.717) is 17.3 Å². The second-order valence-corrected chi connectivity index (χ2v) is 5.80. The van der Waals surface area contributed by atoms with E-state index in [1.807, 2.05) is 6.92 Å². The summed E-state index contributed by atoms with van der Waals surface area (Å²) in [5.41, 5.74) is 0.813. The summed E-state index contributed by atoms with van der Waals surface area (Å²) in [6.07, 6.45) is 2.29. The highest BCUT2D eigenvalue weighted by Crippen LogP contribution is 2.19. The van der Waals surface area contributed by atoms with Gasteiger partial charge in [0.25, 0.3) is 10.0 Å². The number of aromatic nitrogens is 2. The SMILES string of the molecule is CCc1cn[nH]c1NS(=O)(=O)c1ccc(Cl)cc1. The summed E-state index contributed by atoms with van der Waals surface area (Å²) in [5, 5.41) is 6.93. The van der Waals surface area contributed by atoms with Crippen molar-refractivity contribution in [3.8, 4) is 0 Å². The van der Waals surface area contributed by atoms with Crippen molar-refractivity contribution in [2.45, 2.75) is 18.2 Å². The van der Waals surface area contributed by atoms with Gasteiger partial charge in [0.15, 0.2) is 0 Å². The van der Waals surface area contributed by atoms with Crippen molar-refractivity contribution in [3.05, 3.63) is 41.0 Å². The Hall–Kier alpha value is -1.53. The molecule has 0 aliphatic heterocycles. The van der Waals surface area contributed by atoms with Gasteiger partial charge in [0.05, 0.1) is 11.1 Å². The highest BCUT2D eigenvalue weighted by atomic mass is 35.5. The zero-order valence-corrected chi connectivity index (χ0v) is 11.2. The lowest BCUT2D eigenvalue weighted by molar-refractivity contribution is 0.601. The molecule has 1 aromatic carbocycles. The van der Waals surface area contributed by atoms with Gasteiger partial charge in [0.1, 0.15) is 5.82 Å². The topological polar surface area (TPSA) is 74.8 Å². The van der Waals surface area contributed by atoms with Crippen molar-refractivity contribution >= 4 is 27.4 Å². The Kier molecular flexibility index (Phi) is 3.58. The Balaban J connectivity index is 2.30. The lowest BCUT2D eigenvalue weighted by Gasteiger charge is -2.07. The van der Waals surface area contributed by atoms with E-state index >= 15 is 0 Å². The number of hydrogen-bond donors (Lipinski definition) is 2. The molecule has 2 aromatic rings. The van der Waals surface area contributed by atoms with E-state index in [9.17, 15) is 8.42 Å². The summed E-state index contributed by atoms with van der Waals surface area (Å²) in [5.74, 6) is 0.396. The van der Waals surface area contributed by atoms with Crippen molar-refractivity contribution < 1.29 is 8.42 Å². The molecular formula is C11H12ClN3O2S. The molecule has 18 heavy (non-hydrogen) atoms. The van der Waals surface area contributed by atoms with E-state index in [-0.39, 0.29) is 4.90 Å². The second-order valence-electron chi connectivity index (χ2n) is 3.68. The van der Waals surface area contributed by atoms with Gasteiger partial charge < -0.3 is 0 Å². The number of nitrogens with one attached hydrogen (secondary N) is 2. The molecule has 5 nitrogen and oxygen atoms in total. The van der Waals surface area contributed by atoms with E-state index in [1.54, 1.807) is 6.20 Å². The van der Waals surface area contributed by atoms with Gasteiger partial charge in [-0.15, -0.1) is 0 Å². The zero-order chi connectivity index (χ0) is 13.2. The molecule has 0 saturated heterocycles. The summed E-state index contributed by atoms with van der Waals surface area (Å²) in [4.78, 5) is 0.156. The molecule has 0 radical (unpaired) electrons. The number of H-pyrrole nitrogens is 1. The highest BCUT2D eigenvalue weighted by molar-refractivity contribution is 7.92. The van der Waals surface area contributed by atoms with Crippen LogP contribution in [-0.2, 0) is 16.4 Å². The van der Waals surface area contributed by atoms with Gasteiger partial charge in [-0.1, -0.05) is 18.5 Å². The third-order valence-electron chi connectivity index (χ3n) is 2.46. The molecule has 96 valence electrons. The van der Waals surface area contributed by atoms with E-state index in [1.165, 1.54) is 24.3 Å². The minimum atomic E-state index is -3.61. The quantitative estimate of drug-likeness (QED) is 0.906. The van der Waals surface area contributed by atoms with Gasteiger partial charge in [-0.05, 0) is 30.7 Å². The van der Waals surface area contributed by atoms with E-state index < -0.39 is 10.0 Å². The first-order chi connectivity index (χ1) is 8.53. The normalized spacial score (nSPS) is 11.4. The van der Waals surface area contributed by atoms with Crippen LogP contribution in [0.5, 0.6) is 0 Å². The first-order valence-corrected chi connectivity index (χ1v) is 7.19. The zero-order valence-electron chi connectivity index (χ0n) is 9.64. The minimum Gasteiger partial charge on any atom is -0.264 e. The Morgan fingerprint density at radius 3 is 2.61 bits per heavy atom. The number of aromatic amines is 1. The summed E-state index contributed by atoms with van der Waals surface area (Å²) >= 11 is 5.72. The van der Waals surface area contributed by atoms with Crippen molar-refractivity contribution in [2.24, 2.45) is 0 Å². The van der Waals surface area contributed by atoms with E-state index in [4.69, 9.17) is 11.6 Å². The second kappa shape index (κ2) is 4.99. The number of anilines is 1. The number of hydrogen-bond acceptors (Lipinski definition) is 3. The number of halogens is 1. The fourth-order valence-electron chi connectivity index (χ4n) is 1.47. The molecule has 0 aliphatic carbocycles. The minimum absolute atomic E-state index is 0.156. The monoisotopic (exact) mass is 285 g/mol. The average Bonchev–Trinajstić information content (AvgIpc) is 2.76. The van der Waals surface area contributed by atoms with E-state index in [2.05, 4.69) is 14.9 Å². The third kappa shape index (κ3) is 2.65. The Labute approximate surface area is 110 Å². The maximum absolute atomic E-state index is 12.1. The van der Waals surface area contributed by atoms with Crippen molar-refractivity contribution in [3.63, 3.8) is 0 Å². The molecule has 1 heterocycles. The van der Waals surface area contributed by atoms with Gasteiger partial charge >= 0.3 is 0 Å². The van der Waals surface area contributed by atoms with Gasteiger partial charge in [0.2, 0.25) is 0 Å². The lowest BCUT2D eigenvalue weighted by Crippen LogP contribution is -2.14. The molecule has 0 fully saturated rings. The van der Waals surface area contributed by atoms with Gasteiger partial charge in [-0.25, -0.2) is 8.42 Å². The van der Waals surface area contributed by atoms with Crippen molar-refractivity contribution in [1.82, 2.24) is 10.2 Å². The molecule has 2 N–H and O–H groups in total. The molecule has 1 aromatic heterocycles. The van der Waals surface area contributed by atoms with Gasteiger partial charge in [0, 0.05) is 10.6 Å². The first kappa shape index (κ1) is 12.9. The Morgan fingerprint density at radius 2 is 2.00 bits per heavy atom. The van der Waals surface area contributed by atoms with Crippen LogP contribution in [0, 0.1) is 0 Å². The highest BCUT2D eigenvalue weighted by Gasteiger charge is 2.16. The van der Waals surface area contributed by atoms with Crippen LogP contribution in [0.15, 0.2) is 35.4 Å². The van der Waals surface area contributed by atoms with Crippen LogP contribution in [0.25, 0.3) is 0 Å². The molecule has 0 aliphatic rings. The maximum atomic E-state index is 12.1. The van der Waals surface area contributed by atoms with Crippen molar-refractivity contribution in [1.29, 1.82) is 0 Å². The van der Waals surface area contributed by atoms with Crippen LogP contribution in [0.2, 0.25) is 5.02 Å². The number of rotatable bonds is 4. The number of sulfonamides is 1. The molecule has 0 spiro atoms. The van der Waals surface area contributed by atoms with Crippen LogP contribution in [0.3, 0.4) is 0 Å². The van der Waals surface area contributed by atoms with Crippen molar-refractivity contribution in [2.75, 3.05) is 4.72 Å². The predicted octanol–water partition coefficient (Wildman–Crippen LogP) is 2.43. The maximum Gasteiger partial charge on any atom is 0.263 e. The number of benzene rings is 1. The molecule has 7 heteroatoms. The molecule has 0 atom stereocenters. The summed E-state index contributed by atoms with van der Waals surface area (Å²) in [6.45, 7) is 1.92. The fraction of sp³-hybridized carbons (Fsp3) is 0.182. The standard InChI is InChI=1S/C11H12ClN3O2S/c1-2-8-7-13-14-11(8)15-18(16,17)10-5-3-9(12)4-6-10/h3-7H,2H2,1H3,(H2,13,14,15). The molecule has 0 amide bonds. The molecule has 0 saturated carbocycles. The van der Waals surface area contributed by atoms with E-state index in [0.717, 1.165) is 5.56 Å². The van der Waals surface area contributed by atoms with Gasteiger partial charge in [-0.2, -0.15) is 5.10 Å². The smallest absolute Gasteiger partial charge is 0.263 e. The molecule has 2 rings (SSSR count). The number of aryl methyl sites for hydroxylation is 1. The molecular weight excluding hydrogens is 274 g/mol. The molecule has 0 bridgehead atoms. The summed E-state index contributed by atoms with van der Waals surface area (Å²) < 4.78 is 26.6. The van der Waals surface area contributed by atoms with Crippen LogP contribution in [-0.4, -0.2) is 18.6 Å². The largest absolute Gasteiger partial charge is 0.264 e. The van der Waals surface area contributed by atoms with Gasteiger partial charge in [-0.3, -0.25) is 9.82 Å². The Morgan fingerprint density at radius 1 is 1.33 bits per heavy atom. The first-order valence-electron chi connectivity index (χ1n) is 5.33. The predicted molar refractivity (Wildman–Crippen MR) is 70.2 cm³/mol. The summed E-state index contributed by atoms with van der Waals surface area (Å²) in [6, 6.07) is 5.97. The number of nitrogens with zero attached hydrogens (tertiary/aromatic N) is 1.